The van der Waals surface area contributed by atoms with Gasteiger partial charge in [0.15, 0.2) is 0 Å². The third-order valence-electron chi connectivity index (χ3n) is 1.91. The van der Waals surface area contributed by atoms with Crippen LogP contribution in [0.2, 0.25) is 0 Å². The maximum Gasteiger partial charge on any atom is 0.316 e. The van der Waals surface area contributed by atoms with E-state index >= 15 is 0 Å². The van der Waals surface area contributed by atoms with E-state index in [1.807, 2.05) is 6.92 Å². The molecule has 0 radical (unpaired) electrons. The van der Waals surface area contributed by atoms with Crippen molar-refractivity contribution >= 4 is 20.8 Å². The molecule has 0 aliphatic heterocycles. The first-order chi connectivity index (χ1) is 6.63. The molecule has 2 atom stereocenters. The minimum absolute atomic E-state index is 0.234. The monoisotopic (exact) mass is 220 g/mol. The fourth-order valence-electron chi connectivity index (χ4n) is 1.12. The molecule has 6 heteroatoms. The van der Waals surface area contributed by atoms with Gasteiger partial charge in [-0.15, -0.1) is 0 Å². The van der Waals surface area contributed by atoms with Gasteiger partial charge in [-0.05, 0) is 6.42 Å². The molecular weight excluding hydrogens is 203 g/mol. The third kappa shape index (κ3) is 5.14. The highest BCUT2D eigenvalue weighted by atomic mass is 31.1. The van der Waals surface area contributed by atoms with Crippen molar-refractivity contribution in [3.05, 3.63) is 0 Å². The lowest BCUT2D eigenvalue weighted by atomic mass is 10.0. The third-order valence-corrected chi connectivity index (χ3v) is 2.30. The number of rotatable bonds is 7. The first-order valence-electron chi connectivity index (χ1n) is 4.61. The molecule has 0 rings (SSSR count). The van der Waals surface area contributed by atoms with E-state index in [1.54, 1.807) is 0 Å². The van der Waals surface area contributed by atoms with Crippen LogP contribution in [0.3, 0.4) is 0 Å². The summed E-state index contributed by atoms with van der Waals surface area (Å²) in [6.45, 7) is 2.02. The lowest BCUT2D eigenvalue weighted by Crippen LogP contribution is -2.31. The van der Waals surface area contributed by atoms with Crippen LogP contribution < -0.4 is 10.6 Å². The molecule has 4 N–H and O–H groups in total. The largest absolute Gasteiger partial charge is 0.481 e. The van der Waals surface area contributed by atoms with Gasteiger partial charge in [0.05, 0.1) is 0 Å². The number of nitrogens with one attached hydrogen (secondary N) is 1. The summed E-state index contributed by atoms with van der Waals surface area (Å²) in [7, 11) is -0.234. The molecule has 2 unspecified atom stereocenters. The summed E-state index contributed by atoms with van der Waals surface area (Å²) in [6.07, 6.45) is 3.10. The molecule has 0 heterocycles. The number of hydrogen-bond donors (Lipinski definition) is 3. The van der Waals surface area contributed by atoms with Crippen molar-refractivity contribution < 1.29 is 14.7 Å². The Kier molecular flexibility index (Phi) is 7.34. The van der Waals surface area contributed by atoms with Crippen LogP contribution in [0.4, 0.5) is 0 Å². The SMILES string of the molecule is CCCCCC(C(=O)O)C(=O)NPN. The van der Waals surface area contributed by atoms with Gasteiger partial charge in [-0.1, -0.05) is 26.2 Å². The number of carboxylic acids is 1. The Labute approximate surface area is 85.3 Å². The van der Waals surface area contributed by atoms with Crippen LogP contribution in [0.1, 0.15) is 32.6 Å². The molecule has 0 bridgehead atoms. The van der Waals surface area contributed by atoms with Crippen LogP contribution >= 0.6 is 8.88 Å². The van der Waals surface area contributed by atoms with Crippen LogP contribution in [0.15, 0.2) is 0 Å². The fraction of sp³-hybridized carbons (Fsp3) is 0.750. The highest BCUT2D eigenvalue weighted by Crippen LogP contribution is 2.11. The zero-order valence-corrected chi connectivity index (χ0v) is 9.25. The Morgan fingerprint density at radius 1 is 1.50 bits per heavy atom. The van der Waals surface area contributed by atoms with Crippen LogP contribution in [0.25, 0.3) is 0 Å². The van der Waals surface area contributed by atoms with Crippen LogP contribution in [-0.2, 0) is 9.59 Å². The van der Waals surface area contributed by atoms with Crippen molar-refractivity contribution in [2.45, 2.75) is 32.6 Å². The van der Waals surface area contributed by atoms with Gasteiger partial charge < -0.3 is 10.2 Å². The smallest absolute Gasteiger partial charge is 0.316 e. The summed E-state index contributed by atoms with van der Waals surface area (Å²) in [5, 5.41) is 11.1. The molecule has 14 heavy (non-hydrogen) atoms. The van der Waals surface area contributed by atoms with Crippen LogP contribution in [-0.4, -0.2) is 17.0 Å². The van der Waals surface area contributed by atoms with E-state index < -0.39 is 17.8 Å². The highest BCUT2D eigenvalue weighted by molar-refractivity contribution is 7.33. The zero-order chi connectivity index (χ0) is 11.0. The molecule has 0 fully saturated rings. The van der Waals surface area contributed by atoms with Crippen LogP contribution in [0.5, 0.6) is 0 Å². The highest BCUT2D eigenvalue weighted by Gasteiger charge is 2.24. The van der Waals surface area contributed by atoms with Gasteiger partial charge in [0.2, 0.25) is 5.91 Å². The molecule has 5 nitrogen and oxygen atoms in total. The first-order valence-corrected chi connectivity index (χ1v) is 5.69. The average Bonchev–Trinajstić information content (AvgIpc) is 2.12. The number of carbonyl (C=O) groups excluding carboxylic acids is 1. The average molecular weight is 220 g/mol. The second-order valence-electron chi connectivity index (χ2n) is 3.02. The van der Waals surface area contributed by atoms with Gasteiger partial charge in [0.25, 0.3) is 0 Å². The van der Waals surface area contributed by atoms with Gasteiger partial charge in [-0.3, -0.25) is 15.1 Å². The minimum atomic E-state index is -1.07. The lowest BCUT2D eigenvalue weighted by molar-refractivity contribution is -0.146. The first kappa shape index (κ1) is 13.3. The van der Waals surface area contributed by atoms with Crippen molar-refractivity contribution in [3.63, 3.8) is 0 Å². The molecule has 0 aromatic rings. The fourth-order valence-corrected chi connectivity index (χ4v) is 1.44. The standard InChI is InChI=1S/C8H17N2O3P/c1-2-3-4-5-6(8(12)13)7(11)10-14-9/h6,14H,2-5,9H2,1H3,(H,10,11)(H,12,13). The van der Waals surface area contributed by atoms with Gasteiger partial charge in [-0.25, -0.2) is 0 Å². The predicted molar refractivity (Wildman–Crippen MR) is 55.9 cm³/mol. The van der Waals surface area contributed by atoms with E-state index in [2.05, 4.69) is 5.09 Å². The summed E-state index contributed by atoms with van der Waals surface area (Å²) in [5.41, 5.74) is 5.13. The number of aliphatic carboxylic acids is 1. The molecule has 0 aromatic carbocycles. The van der Waals surface area contributed by atoms with Gasteiger partial charge in [0.1, 0.15) is 5.92 Å². The van der Waals surface area contributed by atoms with E-state index in [0.29, 0.717) is 6.42 Å². The van der Waals surface area contributed by atoms with Gasteiger partial charge in [-0.2, -0.15) is 0 Å². The maximum atomic E-state index is 11.2. The number of unbranched alkanes of at least 4 members (excludes halogenated alkanes) is 2. The Bertz CT molecular complexity index is 199. The van der Waals surface area contributed by atoms with E-state index in [1.165, 1.54) is 0 Å². The molecule has 82 valence electrons. The van der Waals surface area contributed by atoms with E-state index in [4.69, 9.17) is 10.6 Å². The lowest BCUT2D eigenvalue weighted by Gasteiger charge is -2.10. The Balaban J connectivity index is 4.01. The summed E-state index contributed by atoms with van der Waals surface area (Å²) >= 11 is 0. The Morgan fingerprint density at radius 2 is 2.14 bits per heavy atom. The molecular formula is C8H17N2O3P. The van der Waals surface area contributed by atoms with E-state index in [-0.39, 0.29) is 8.88 Å². The van der Waals surface area contributed by atoms with Crippen molar-refractivity contribution in [1.82, 2.24) is 5.09 Å². The van der Waals surface area contributed by atoms with E-state index in [0.717, 1.165) is 19.3 Å². The maximum absolute atomic E-state index is 11.2. The quantitative estimate of drug-likeness (QED) is 0.337. The van der Waals surface area contributed by atoms with Crippen molar-refractivity contribution in [3.8, 4) is 0 Å². The molecule has 0 spiro atoms. The molecule has 0 saturated carbocycles. The molecule has 0 saturated heterocycles. The summed E-state index contributed by atoms with van der Waals surface area (Å²) in [4.78, 5) is 21.9. The van der Waals surface area contributed by atoms with E-state index in [9.17, 15) is 9.59 Å². The number of carbonyl (C=O) groups is 2. The minimum Gasteiger partial charge on any atom is -0.481 e. The molecule has 1 amide bonds. The van der Waals surface area contributed by atoms with Gasteiger partial charge >= 0.3 is 5.97 Å². The normalized spacial score (nSPS) is 13.0. The van der Waals surface area contributed by atoms with Crippen molar-refractivity contribution in [2.24, 2.45) is 11.4 Å². The predicted octanol–water partition coefficient (Wildman–Crippen LogP) is 0.851. The number of amides is 1. The topological polar surface area (TPSA) is 92.4 Å². The molecule has 0 aliphatic carbocycles. The summed E-state index contributed by atoms with van der Waals surface area (Å²) in [6, 6.07) is 0. The number of hydrogen-bond acceptors (Lipinski definition) is 3. The molecule has 0 aromatic heterocycles. The zero-order valence-electron chi connectivity index (χ0n) is 8.25. The summed E-state index contributed by atoms with van der Waals surface area (Å²) < 4.78 is 0. The second-order valence-corrected chi connectivity index (χ2v) is 3.56. The van der Waals surface area contributed by atoms with Crippen molar-refractivity contribution in [2.75, 3.05) is 0 Å². The van der Waals surface area contributed by atoms with Gasteiger partial charge in [0, 0.05) is 8.88 Å². The van der Waals surface area contributed by atoms with Crippen LogP contribution in [0, 0.1) is 5.92 Å². The number of nitrogens with two attached hydrogens (primary N) is 1. The Hall–Kier alpha value is -0.670. The summed E-state index contributed by atoms with van der Waals surface area (Å²) in [5.74, 6) is -2.50. The Morgan fingerprint density at radius 3 is 2.57 bits per heavy atom. The molecule has 0 aliphatic rings. The second kappa shape index (κ2) is 7.71. The van der Waals surface area contributed by atoms with Crippen molar-refractivity contribution in [1.29, 1.82) is 0 Å². The number of carboxylic acid groups (broad SMARTS) is 1.